The molecule has 7 aromatic rings. The molecule has 0 bridgehead atoms. The SMILES string of the molecule is Cc1ccc(-c2c3ccccc3c(-c3ccc4c(c3)C(C)(C)c3c-4sc4ccc(C)cc34)c3ccccc23)cc1. The monoisotopic (exact) mass is 530 g/mol. The Kier molecular flexibility index (Phi) is 4.97. The van der Waals surface area contributed by atoms with E-state index in [1.165, 1.54) is 86.6 Å². The third-order valence-electron chi connectivity index (χ3n) is 8.97. The van der Waals surface area contributed by atoms with Crippen molar-refractivity contribution >= 4 is 43.0 Å². The molecule has 0 N–H and O–H groups in total. The molecule has 1 heteroatoms. The topological polar surface area (TPSA) is 0 Å². The van der Waals surface area contributed by atoms with Crippen molar-refractivity contribution in [2.75, 3.05) is 0 Å². The van der Waals surface area contributed by atoms with Crippen LogP contribution in [0.2, 0.25) is 0 Å². The van der Waals surface area contributed by atoms with Crippen LogP contribution in [0.5, 0.6) is 0 Å². The molecule has 1 aliphatic carbocycles. The predicted octanol–water partition coefficient (Wildman–Crippen LogP) is 11.5. The zero-order chi connectivity index (χ0) is 27.2. The van der Waals surface area contributed by atoms with Crippen LogP contribution >= 0.6 is 11.3 Å². The summed E-state index contributed by atoms with van der Waals surface area (Å²) in [6.45, 7) is 9.17. The van der Waals surface area contributed by atoms with Crippen molar-refractivity contribution in [1.82, 2.24) is 0 Å². The van der Waals surface area contributed by atoms with Gasteiger partial charge in [-0.25, -0.2) is 0 Å². The number of thiophene rings is 1. The predicted molar refractivity (Wildman–Crippen MR) is 175 cm³/mol. The maximum absolute atomic E-state index is 2.49. The van der Waals surface area contributed by atoms with Crippen molar-refractivity contribution in [3.05, 3.63) is 131 Å². The Hall–Kier alpha value is -4.20. The molecule has 0 unspecified atom stereocenters. The summed E-state index contributed by atoms with van der Waals surface area (Å²) in [5, 5.41) is 6.65. The fourth-order valence-electron chi connectivity index (χ4n) is 7.04. The molecular weight excluding hydrogens is 500 g/mol. The van der Waals surface area contributed by atoms with E-state index < -0.39 is 0 Å². The average Bonchev–Trinajstić information content (AvgIpc) is 3.45. The molecule has 0 fully saturated rings. The third-order valence-corrected chi connectivity index (χ3v) is 10.2. The van der Waals surface area contributed by atoms with Crippen molar-refractivity contribution in [2.24, 2.45) is 0 Å². The number of rotatable bonds is 2. The molecule has 1 aromatic heterocycles. The first kappa shape index (κ1) is 23.7. The highest BCUT2D eigenvalue weighted by molar-refractivity contribution is 7.22. The summed E-state index contributed by atoms with van der Waals surface area (Å²) in [5.41, 5.74) is 12.1. The van der Waals surface area contributed by atoms with Gasteiger partial charge in [0.25, 0.3) is 0 Å². The molecule has 6 aromatic carbocycles. The van der Waals surface area contributed by atoms with Crippen molar-refractivity contribution in [3.63, 3.8) is 0 Å². The highest BCUT2D eigenvalue weighted by atomic mass is 32.1. The molecule has 0 nitrogen and oxygen atoms in total. The van der Waals surface area contributed by atoms with E-state index >= 15 is 0 Å². The van der Waals surface area contributed by atoms with E-state index in [-0.39, 0.29) is 5.41 Å². The summed E-state index contributed by atoms with van der Waals surface area (Å²) < 4.78 is 1.39. The van der Waals surface area contributed by atoms with Gasteiger partial charge in [-0.3, -0.25) is 0 Å². The number of hydrogen-bond donors (Lipinski definition) is 0. The van der Waals surface area contributed by atoms with Crippen LogP contribution in [0.1, 0.15) is 36.1 Å². The first-order valence-corrected chi connectivity index (χ1v) is 14.9. The van der Waals surface area contributed by atoms with E-state index in [0.29, 0.717) is 0 Å². The quantitative estimate of drug-likeness (QED) is 0.195. The lowest BCUT2D eigenvalue weighted by Gasteiger charge is -2.23. The Labute approximate surface area is 239 Å². The van der Waals surface area contributed by atoms with Gasteiger partial charge in [-0.1, -0.05) is 122 Å². The minimum Gasteiger partial charge on any atom is -0.135 e. The molecule has 192 valence electrons. The number of aryl methyl sites for hydroxylation is 2. The van der Waals surface area contributed by atoms with Crippen molar-refractivity contribution in [2.45, 2.75) is 33.1 Å². The van der Waals surface area contributed by atoms with Gasteiger partial charge in [0, 0.05) is 15.0 Å². The maximum Gasteiger partial charge on any atom is 0.0399 e. The standard InChI is InChI=1S/C39H30S/c1-23-13-16-25(17-14-23)35-27-9-5-7-11-29(27)36(30-12-8-6-10-28(30)35)26-18-19-31-33(22-26)39(3,4)37-32-21-24(2)15-20-34(32)40-38(31)37/h5-22H,1-4H3. The summed E-state index contributed by atoms with van der Waals surface area (Å²) in [6, 6.07) is 41.1. The van der Waals surface area contributed by atoms with Crippen LogP contribution in [0.3, 0.4) is 0 Å². The van der Waals surface area contributed by atoms with E-state index in [1.807, 2.05) is 11.3 Å². The van der Waals surface area contributed by atoms with Crippen LogP contribution < -0.4 is 0 Å². The van der Waals surface area contributed by atoms with Gasteiger partial charge in [0.05, 0.1) is 0 Å². The van der Waals surface area contributed by atoms with Crippen LogP contribution in [0.25, 0.3) is 64.3 Å². The van der Waals surface area contributed by atoms with Gasteiger partial charge in [0.15, 0.2) is 0 Å². The summed E-state index contributed by atoms with van der Waals surface area (Å²) in [5.74, 6) is 0. The second-order valence-corrected chi connectivity index (χ2v) is 13.0. The summed E-state index contributed by atoms with van der Waals surface area (Å²) >= 11 is 1.95. The van der Waals surface area contributed by atoms with Crippen LogP contribution in [-0.2, 0) is 5.41 Å². The van der Waals surface area contributed by atoms with Gasteiger partial charge < -0.3 is 0 Å². The lowest BCUT2D eigenvalue weighted by Crippen LogP contribution is -2.15. The van der Waals surface area contributed by atoms with E-state index in [2.05, 4.69) is 137 Å². The van der Waals surface area contributed by atoms with Crippen LogP contribution in [0.15, 0.2) is 109 Å². The maximum atomic E-state index is 2.49. The highest BCUT2D eigenvalue weighted by Crippen LogP contribution is 2.56. The van der Waals surface area contributed by atoms with Crippen LogP contribution in [-0.4, -0.2) is 0 Å². The van der Waals surface area contributed by atoms with E-state index in [0.717, 1.165) is 0 Å². The molecule has 0 radical (unpaired) electrons. The van der Waals surface area contributed by atoms with Crippen molar-refractivity contribution in [1.29, 1.82) is 0 Å². The first-order chi connectivity index (χ1) is 19.4. The zero-order valence-electron chi connectivity index (χ0n) is 23.3. The molecule has 40 heavy (non-hydrogen) atoms. The first-order valence-electron chi connectivity index (χ1n) is 14.1. The van der Waals surface area contributed by atoms with Gasteiger partial charge in [0.2, 0.25) is 0 Å². The molecule has 0 saturated carbocycles. The third kappa shape index (κ3) is 3.25. The van der Waals surface area contributed by atoms with Crippen LogP contribution in [0.4, 0.5) is 0 Å². The Morgan fingerprint density at radius 1 is 0.525 bits per heavy atom. The number of hydrogen-bond acceptors (Lipinski definition) is 1. The number of fused-ring (bicyclic) bond motifs is 7. The summed E-state index contributed by atoms with van der Waals surface area (Å²) in [6.07, 6.45) is 0. The second-order valence-electron chi connectivity index (χ2n) is 11.9. The Morgan fingerprint density at radius 2 is 1.07 bits per heavy atom. The molecule has 0 atom stereocenters. The average molecular weight is 531 g/mol. The van der Waals surface area contributed by atoms with Gasteiger partial charge >= 0.3 is 0 Å². The normalized spacial score (nSPS) is 13.7. The molecular formula is C39H30S. The minimum absolute atomic E-state index is 0.0554. The Balaban J connectivity index is 1.42. The van der Waals surface area contributed by atoms with Crippen molar-refractivity contribution in [3.8, 4) is 32.7 Å². The lowest BCUT2D eigenvalue weighted by atomic mass is 9.79. The Bertz CT molecular complexity index is 2080. The lowest BCUT2D eigenvalue weighted by molar-refractivity contribution is 0.667. The smallest absolute Gasteiger partial charge is 0.0399 e. The fraction of sp³-hybridized carbons (Fsp3) is 0.128. The zero-order valence-corrected chi connectivity index (χ0v) is 24.1. The molecule has 1 aliphatic rings. The Morgan fingerprint density at radius 3 is 1.70 bits per heavy atom. The van der Waals surface area contributed by atoms with Crippen LogP contribution in [0, 0.1) is 13.8 Å². The summed E-state index contributed by atoms with van der Waals surface area (Å²) in [4.78, 5) is 1.44. The van der Waals surface area contributed by atoms with Gasteiger partial charge in [0.1, 0.15) is 0 Å². The molecule has 0 spiro atoms. The number of benzene rings is 6. The van der Waals surface area contributed by atoms with Crippen molar-refractivity contribution < 1.29 is 0 Å². The van der Waals surface area contributed by atoms with Gasteiger partial charge in [-0.15, -0.1) is 11.3 Å². The van der Waals surface area contributed by atoms with E-state index in [1.54, 1.807) is 0 Å². The molecule has 0 saturated heterocycles. The van der Waals surface area contributed by atoms with E-state index in [4.69, 9.17) is 0 Å². The summed E-state index contributed by atoms with van der Waals surface area (Å²) in [7, 11) is 0. The van der Waals surface area contributed by atoms with Gasteiger partial charge in [-0.2, -0.15) is 0 Å². The molecule has 0 aliphatic heterocycles. The molecule has 8 rings (SSSR count). The second kappa shape index (κ2) is 8.40. The molecule has 0 amide bonds. The molecule has 1 heterocycles. The fourth-order valence-corrected chi connectivity index (χ4v) is 8.42. The van der Waals surface area contributed by atoms with Gasteiger partial charge in [-0.05, 0) is 91.9 Å². The largest absolute Gasteiger partial charge is 0.135 e. The minimum atomic E-state index is -0.0554. The highest BCUT2D eigenvalue weighted by Gasteiger charge is 2.39. The van der Waals surface area contributed by atoms with E-state index in [9.17, 15) is 0 Å².